The van der Waals surface area contributed by atoms with Crippen molar-refractivity contribution in [2.24, 2.45) is 0 Å². The molecule has 6 aromatic rings. The highest BCUT2D eigenvalue weighted by atomic mass is 32.2. The number of hydrogen-bond acceptors (Lipinski definition) is 5. The van der Waals surface area contributed by atoms with Gasteiger partial charge in [-0.1, -0.05) is 60.2 Å². The van der Waals surface area contributed by atoms with Crippen LogP contribution in [0.25, 0.3) is 52.0 Å². The standard InChI is InChI=1S/C30H21NS4/c1-17-10-12-20(13-11-17)28-22-7-4-5-8-23(22)29(34-28)27-19(3)26-18(2)25(33-30(26)35-27)15-21(16-31)24-9-6-14-32-24/h4-15H,1-3H3/b21-15-. The molecule has 0 radical (unpaired) electrons. The van der Waals surface area contributed by atoms with Crippen molar-refractivity contribution in [3.05, 3.63) is 92.5 Å². The summed E-state index contributed by atoms with van der Waals surface area (Å²) in [6, 6.07) is 24.1. The monoisotopic (exact) mass is 523 g/mol. The van der Waals surface area contributed by atoms with Gasteiger partial charge in [-0.15, -0.1) is 45.3 Å². The number of allylic oxidation sites excluding steroid dienone is 1. The lowest BCUT2D eigenvalue weighted by atomic mass is 10.0. The van der Waals surface area contributed by atoms with E-state index in [4.69, 9.17) is 0 Å². The van der Waals surface area contributed by atoms with Crippen LogP contribution in [0.4, 0.5) is 0 Å². The molecule has 0 saturated heterocycles. The average Bonchev–Trinajstić information content (AvgIpc) is 3.64. The molecule has 0 saturated carbocycles. The van der Waals surface area contributed by atoms with Gasteiger partial charge in [-0.25, -0.2) is 0 Å². The maximum atomic E-state index is 9.73. The van der Waals surface area contributed by atoms with Gasteiger partial charge in [0.25, 0.3) is 0 Å². The number of nitriles is 1. The summed E-state index contributed by atoms with van der Waals surface area (Å²) in [6.45, 7) is 6.59. The Balaban J connectivity index is 1.51. The molecule has 0 aliphatic carbocycles. The summed E-state index contributed by atoms with van der Waals surface area (Å²) >= 11 is 7.21. The zero-order chi connectivity index (χ0) is 24.1. The first-order valence-corrected chi connectivity index (χ1v) is 14.6. The lowest BCUT2D eigenvalue weighted by Crippen LogP contribution is -1.79. The fraction of sp³-hybridized carbons (Fsp3) is 0.100. The second kappa shape index (κ2) is 8.89. The van der Waals surface area contributed by atoms with E-state index in [0.717, 1.165) is 10.5 Å². The van der Waals surface area contributed by atoms with E-state index in [9.17, 15) is 5.26 Å². The van der Waals surface area contributed by atoms with Crippen molar-refractivity contribution >= 4 is 77.2 Å². The number of aryl methyl sites for hydroxylation is 3. The van der Waals surface area contributed by atoms with E-state index in [1.54, 1.807) is 22.7 Å². The Morgan fingerprint density at radius 1 is 0.771 bits per heavy atom. The van der Waals surface area contributed by atoms with Gasteiger partial charge in [-0.3, -0.25) is 0 Å². The third-order valence-corrected chi connectivity index (χ3v) is 11.3. The van der Waals surface area contributed by atoms with Gasteiger partial charge >= 0.3 is 0 Å². The molecule has 0 aliphatic rings. The SMILES string of the molecule is Cc1ccc(-c2sc(-c3sc4sc(/C=C(/C#N)c5cccs5)c(C)c4c3C)c3ccccc23)cc1. The second-order valence-corrected chi connectivity index (χ2v) is 12.9. The molecular weight excluding hydrogens is 503 g/mol. The Hall–Kier alpha value is -3.01. The van der Waals surface area contributed by atoms with Crippen molar-refractivity contribution in [1.82, 2.24) is 0 Å². The summed E-state index contributed by atoms with van der Waals surface area (Å²) in [4.78, 5) is 6.26. The van der Waals surface area contributed by atoms with Crippen LogP contribution < -0.4 is 0 Å². The van der Waals surface area contributed by atoms with E-state index in [2.05, 4.69) is 81.4 Å². The van der Waals surface area contributed by atoms with Crippen molar-refractivity contribution in [1.29, 1.82) is 5.26 Å². The quantitative estimate of drug-likeness (QED) is 0.211. The normalized spacial score (nSPS) is 12.0. The molecule has 170 valence electrons. The molecule has 2 aromatic carbocycles. The molecule has 5 heteroatoms. The Bertz CT molecular complexity index is 1760. The van der Waals surface area contributed by atoms with Crippen LogP contribution in [0.2, 0.25) is 0 Å². The van der Waals surface area contributed by atoms with Gasteiger partial charge in [-0.2, -0.15) is 5.26 Å². The number of benzene rings is 2. The summed E-state index contributed by atoms with van der Waals surface area (Å²) in [5.41, 5.74) is 5.91. The molecule has 0 fully saturated rings. The van der Waals surface area contributed by atoms with Crippen LogP contribution in [0.15, 0.2) is 66.0 Å². The van der Waals surface area contributed by atoms with Crippen molar-refractivity contribution in [3.63, 3.8) is 0 Å². The van der Waals surface area contributed by atoms with E-state index in [1.165, 1.54) is 61.9 Å². The van der Waals surface area contributed by atoms with Crippen LogP contribution >= 0.6 is 45.3 Å². The molecular formula is C30H21NS4. The summed E-state index contributed by atoms with van der Waals surface area (Å²) < 4.78 is 1.33. The number of nitrogens with zero attached hydrogens (tertiary/aromatic N) is 1. The molecule has 4 heterocycles. The van der Waals surface area contributed by atoms with Crippen LogP contribution in [0.5, 0.6) is 0 Å². The highest BCUT2D eigenvalue weighted by molar-refractivity contribution is 7.41. The van der Waals surface area contributed by atoms with E-state index < -0.39 is 0 Å². The van der Waals surface area contributed by atoms with Gasteiger partial charge < -0.3 is 0 Å². The lowest BCUT2D eigenvalue weighted by Gasteiger charge is -2.00. The fourth-order valence-electron chi connectivity index (χ4n) is 4.55. The lowest BCUT2D eigenvalue weighted by molar-refractivity contribution is 1.48. The number of thiophene rings is 4. The molecule has 6 rings (SSSR count). The fourth-order valence-corrected chi connectivity index (χ4v) is 9.55. The van der Waals surface area contributed by atoms with Gasteiger partial charge in [0.15, 0.2) is 0 Å². The largest absolute Gasteiger partial charge is 0.192 e. The van der Waals surface area contributed by atoms with Crippen molar-refractivity contribution in [3.8, 4) is 26.3 Å². The topological polar surface area (TPSA) is 23.8 Å². The van der Waals surface area contributed by atoms with Crippen LogP contribution in [0.1, 0.15) is 26.4 Å². The minimum absolute atomic E-state index is 0.738. The predicted molar refractivity (Wildman–Crippen MR) is 158 cm³/mol. The van der Waals surface area contributed by atoms with Crippen molar-refractivity contribution in [2.45, 2.75) is 20.8 Å². The second-order valence-electron chi connectivity index (χ2n) is 8.63. The van der Waals surface area contributed by atoms with Crippen molar-refractivity contribution in [2.75, 3.05) is 0 Å². The third-order valence-electron chi connectivity index (χ3n) is 6.38. The summed E-state index contributed by atoms with van der Waals surface area (Å²) in [5.74, 6) is 0. The third kappa shape index (κ3) is 3.78. The maximum Gasteiger partial charge on any atom is 0.101 e. The number of hydrogen-bond donors (Lipinski definition) is 0. The van der Waals surface area contributed by atoms with Crippen LogP contribution in [0, 0.1) is 32.1 Å². The Morgan fingerprint density at radius 3 is 2.17 bits per heavy atom. The Morgan fingerprint density at radius 2 is 1.51 bits per heavy atom. The molecule has 0 amide bonds. The first kappa shape index (κ1) is 22.5. The molecule has 0 aliphatic heterocycles. The Labute approximate surface area is 220 Å². The van der Waals surface area contributed by atoms with E-state index in [-0.39, 0.29) is 0 Å². The van der Waals surface area contributed by atoms with Gasteiger partial charge in [0.2, 0.25) is 0 Å². The first-order valence-electron chi connectivity index (χ1n) is 11.3. The highest BCUT2D eigenvalue weighted by Crippen LogP contribution is 2.51. The molecule has 1 nitrogen and oxygen atoms in total. The van der Waals surface area contributed by atoms with Crippen LogP contribution in [0.3, 0.4) is 0 Å². The maximum absolute atomic E-state index is 9.73. The zero-order valence-corrected chi connectivity index (χ0v) is 22.8. The number of fused-ring (bicyclic) bond motifs is 2. The summed E-state index contributed by atoms with van der Waals surface area (Å²) in [5, 5.41) is 15.7. The van der Waals surface area contributed by atoms with Crippen LogP contribution in [-0.4, -0.2) is 0 Å². The van der Waals surface area contributed by atoms with Gasteiger partial charge in [0, 0.05) is 35.7 Å². The molecule has 0 spiro atoms. The minimum atomic E-state index is 0.738. The average molecular weight is 524 g/mol. The molecule has 4 aromatic heterocycles. The van der Waals surface area contributed by atoms with Crippen LogP contribution in [-0.2, 0) is 0 Å². The van der Waals surface area contributed by atoms with Gasteiger partial charge in [-0.05, 0) is 55.0 Å². The number of rotatable bonds is 4. The molecule has 0 N–H and O–H groups in total. The summed E-state index contributed by atoms with van der Waals surface area (Å²) in [6.07, 6.45) is 2.06. The summed E-state index contributed by atoms with van der Waals surface area (Å²) in [7, 11) is 0. The molecule has 0 bridgehead atoms. The zero-order valence-electron chi connectivity index (χ0n) is 19.5. The van der Waals surface area contributed by atoms with Gasteiger partial charge in [0.05, 0.1) is 14.5 Å². The minimum Gasteiger partial charge on any atom is -0.192 e. The Kier molecular flexibility index (Phi) is 5.70. The van der Waals surface area contributed by atoms with Crippen molar-refractivity contribution < 1.29 is 0 Å². The van der Waals surface area contributed by atoms with E-state index in [0.29, 0.717) is 0 Å². The van der Waals surface area contributed by atoms with Gasteiger partial charge in [0.1, 0.15) is 6.07 Å². The predicted octanol–water partition coefficient (Wildman–Crippen LogP) is 10.6. The highest BCUT2D eigenvalue weighted by Gasteiger charge is 2.21. The molecule has 0 unspecified atom stereocenters. The molecule has 35 heavy (non-hydrogen) atoms. The van der Waals surface area contributed by atoms with E-state index >= 15 is 0 Å². The smallest absolute Gasteiger partial charge is 0.101 e. The first-order chi connectivity index (χ1) is 17.0. The van der Waals surface area contributed by atoms with E-state index in [1.807, 2.05) is 40.2 Å². The molecule has 0 atom stereocenters.